The minimum Gasteiger partial charge on any atom is -0.303 e. The normalized spacial score (nSPS) is 20.3. The van der Waals surface area contributed by atoms with E-state index in [1.165, 1.54) is 38.6 Å². The van der Waals surface area contributed by atoms with E-state index in [0.717, 1.165) is 17.7 Å². The number of rotatable bonds is 6. The molecule has 1 fully saturated rings. The lowest BCUT2D eigenvalue weighted by Crippen LogP contribution is -2.40. The fourth-order valence-electron chi connectivity index (χ4n) is 2.03. The van der Waals surface area contributed by atoms with Crippen molar-refractivity contribution < 1.29 is 0 Å². The molecule has 13 heavy (non-hydrogen) atoms. The van der Waals surface area contributed by atoms with Crippen LogP contribution in [0.15, 0.2) is 0 Å². The molecule has 0 spiro atoms. The van der Waals surface area contributed by atoms with E-state index in [-0.39, 0.29) is 0 Å². The summed E-state index contributed by atoms with van der Waals surface area (Å²) in [4.78, 5) is 2.54. The van der Waals surface area contributed by atoms with Gasteiger partial charge in [0, 0.05) is 12.6 Å². The lowest BCUT2D eigenvalue weighted by Gasteiger charge is -2.36. The molecule has 0 aliphatic heterocycles. The van der Waals surface area contributed by atoms with Gasteiger partial charge in [-0.3, -0.25) is 0 Å². The van der Waals surface area contributed by atoms with Crippen LogP contribution in [-0.2, 0) is 0 Å². The highest BCUT2D eigenvalue weighted by Gasteiger charge is 2.23. The molecule has 78 valence electrons. The first-order valence-electron chi connectivity index (χ1n) is 5.59. The van der Waals surface area contributed by atoms with Crippen molar-refractivity contribution in [1.29, 1.82) is 0 Å². The Bertz CT molecular complexity index is 134. The van der Waals surface area contributed by atoms with Crippen molar-refractivity contribution >= 4 is 12.6 Å². The zero-order valence-electron chi connectivity index (χ0n) is 9.00. The molecule has 1 aliphatic rings. The summed E-state index contributed by atoms with van der Waals surface area (Å²) in [5, 5.41) is 0. The maximum absolute atomic E-state index is 4.41. The van der Waals surface area contributed by atoms with Gasteiger partial charge in [-0.25, -0.2) is 0 Å². The molecule has 1 nitrogen and oxygen atoms in total. The average Bonchev–Trinajstić information content (AvgIpc) is 2.00. The predicted octanol–water partition coefficient (Wildman–Crippen LogP) is 2.82. The number of thiol groups is 1. The van der Waals surface area contributed by atoms with Gasteiger partial charge in [-0.15, -0.1) is 0 Å². The molecule has 0 radical (unpaired) electrons. The second-order valence-electron chi connectivity index (χ2n) is 4.36. The average molecular weight is 201 g/mol. The van der Waals surface area contributed by atoms with Crippen molar-refractivity contribution in [3.05, 3.63) is 0 Å². The summed E-state index contributed by atoms with van der Waals surface area (Å²) in [6.07, 6.45) is 6.91. The van der Waals surface area contributed by atoms with Gasteiger partial charge in [-0.2, -0.15) is 12.6 Å². The molecule has 0 saturated heterocycles. The van der Waals surface area contributed by atoms with Crippen LogP contribution in [0.3, 0.4) is 0 Å². The van der Waals surface area contributed by atoms with Crippen molar-refractivity contribution in [2.45, 2.75) is 45.1 Å². The third kappa shape index (κ3) is 3.51. The Morgan fingerprint density at radius 3 is 2.54 bits per heavy atom. The van der Waals surface area contributed by atoms with Gasteiger partial charge in [-0.1, -0.05) is 19.8 Å². The van der Waals surface area contributed by atoms with Crippen molar-refractivity contribution in [2.75, 3.05) is 19.3 Å². The molecule has 1 unspecified atom stereocenters. The highest BCUT2D eigenvalue weighted by molar-refractivity contribution is 7.80. The van der Waals surface area contributed by atoms with Crippen molar-refractivity contribution in [3.63, 3.8) is 0 Å². The molecule has 1 rings (SSSR count). The van der Waals surface area contributed by atoms with Crippen LogP contribution in [0.25, 0.3) is 0 Å². The van der Waals surface area contributed by atoms with E-state index in [1.54, 1.807) is 0 Å². The first-order chi connectivity index (χ1) is 6.27. The van der Waals surface area contributed by atoms with Crippen LogP contribution in [0.1, 0.15) is 39.0 Å². The summed E-state index contributed by atoms with van der Waals surface area (Å²) in [5.74, 6) is 1.85. The molecule has 1 atom stereocenters. The minimum atomic E-state index is 0.805. The van der Waals surface area contributed by atoms with E-state index < -0.39 is 0 Å². The van der Waals surface area contributed by atoms with E-state index in [4.69, 9.17) is 0 Å². The zero-order valence-corrected chi connectivity index (χ0v) is 9.89. The maximum Gasteiger partial charge on any atom is 0.00923 e. The van der Waals surface area contributed by atoms with Gasteiger partial charge in [-0.05, 0) is 38.0 Å². The smallest absolute Gasteiger partial charge is 0.00923 e. The first kappa shape index (κ1) is 11.4. The summed E-state index contributed by atoms with van der Waals surface area (Å²) >= 11 is 4.41. The Morgan fingerprint density at radius 1 is 1.46 bits per heavy atom. The van der Waals surface area contributed by atoms with Crippen LogP contribution in [0.4, 0.5) is 0 Å². The number of hydrogen-bond acceptors (Lipinski definition) is 2. The second-order valence-corrected chi connectivity index (χ2v) is 4.73. The van der Waals surface area contributed by atoms with Crippen molar-refractivity contribution in [1.82, 2.24) is 4.90 Å². The van der Waals surface area contributed by atoms with E-state index in [2.05, 4.69) is 31.5 Å². The first-order valence-corrected chi connectivity index (χ1v) is 6.22. The van der Waals surface area contributed by atoms with Gasteiger partial charge in [0.15, 0.2) is 0 Å². The molecule has 1 saturated carbocycles. The minimum absolute atomic E-state index is 0.805. The highest BCUT2D eigenvalue weighted by Crippen LogP contribution is 2.24. The quantitative estimate of drug-likeness (QED) is 0.647. The molecule has 1 aliphatic carbocycles. The lowest BCUT2D eigenvalue weighted by atomic mass is 9.91. The Morgan fingerprint density at radius 2 is 2.15 bits per heavy atom. The van der Waals surface area contributed by atoms with E-state index in [1.807, 2.05) is 0 Å². The SMILES string of the molecule is CCCC(CS)CN(C)C1CCC1. The van der Waals surface area contributed by atoms with Crippen molar-refractivity contribution in [3.8, 4) is 0 Å². The van der Waals surface area contributed by atoms with Crippen LogP contribution in [0.2, 0.25) is 0 Å². The number of hydrogen-bond donors (Lipinski definition) is 1. The molecule has 0 N–H and O–H groups in total. The van der Waals surface area contributed by atoms with E-state index in [9.17, 15) is 0 Å². The fourth-order valence-corrected chi connectivity index (χ4v) is 2.33. The summed E-state index contributed by atoms with van der Waals surface area (Å²) in [5.41, 5.74) is 0. The van der Waals surface area contributed by atoms with Gasteiger partial charge in [0.1, 0.15) is 0 Å². The summed E-state index contributed by atoms with van der Waals surface area (Å²) < 4.78 is 0. The second kappa shape index (κ2) is 5.92. The van der Waals surface area contributed by atoms with Gasteiger partial charge >= 0.3 is 0 Å². The third-order valence-electron chi connectivity index (χ3n) is 3.20. The third-order valence-corrected chi connectivity index (χ3v) is 3.72. The molecular weight excluding hydrogens is 178 g/mol. The Balaban J connectivity index is 2.18. The summed E-state index contributed by atoms with van der Waals surface area (Å²) in [7, 11) is 2.27. The van der Waals surface area contributed by atoms with Crippen LogP contribution in [0, 0.1) is 5.92 Å². The van der Waals surface area contributed by atoms with Crippen LogP contribution in [-0.4, -0.2) is 30.3 Å². The standard InChI is InChI=1S/C11H23NS/c1-3-5-10(9-13)8-12(2)11-6-4-7-11/h10-11,13H,3-9H2,1-2H3. The largest absolute Gasteiger partial charge is 0.303 e. The molecule has 0 amide bonds. The Kier molecular flexibility index (Phi) is 5.18. The van der Waals surface area contributed by atoms with Crippen molar-refractivity contribution in [2.24, 2.45) is 5.92 Å². The molecule has 0 aromatic rings. The monoisotopic (exact) mass is 201 g/mol. The predicted molar refractivity (Wildman–Crippen MR) is 62.5 cm³/mol. The summed E-state index contributed by atoms with van der Waals surface area (Å²) in [6.45, 7) is 3.52. The molecule has 0 aromatic carbocycles. The molecular formula is C11H23NS. The van der Waals surface area contributed by atoms with Gasteiger partial charge in [0.25, 0.3) is 0 Å². The topological polar surface area (TPSA) is 3.24 Å². The Hall–Kier alpha value is 0.310. The van der Waals surface area contributed by atoms with E-state index >= 15 is 0 Å². The lowest BCUT2D eigenvalue weighted by molar-refractivity contribution is 0.140. The molecule has 2 heteroatoms. The fraction of sp³-hybridized carbons (Fsp3) is 1.00. The molecule has 0 bridgehead atoms. The van der Waals surface area contributed by atoms with Crippen LogP contribution >= 0.6 is 12.6 Å². The van der Waals surface area contributed by atoms with Crippen LogP contribution < -0.4 is 0 Å². The highest BCUT2D eigenvalue weighted by atomic mass is 32.1. The molecule has 0 aromatic heterocycles. The Labute approximate surface area is 88.3 Å². The zero-order chi connectivity index (χ0) is 9.68. The summed E-state index contributed by atoms with van der Waals surface area (Å²) in [6, 6.07) is 0.888. The maximum atomic E-state index is 4.41. The van der Waals surface area contributed by atoms with Crippen LogP contribution in [0.5, 0.6) is 0 Å². The van der Waals surface area contributed by atoms with Gasteiger partial charge < -0.3 is 4.90 Å². The van der Waals surface area contributed by atoms with Gasteiger partial charge in [0.05, 0.1) is 0 Å². The molecule has 0 heterocycles. The number of nitrogens with zero attached hydrogens (tertiary/aromatic N) is 1. The van der Waals surface area contributed by atoms with E-state index in [0.29, 0.717) is 0 Å². The van der Waals surface area contributed by atoms with Gasteiger partial charge in [0.2, 0.25) is 0 Å².